The van der Waals surface area contributed by atoms with E-state index in [1.54, 1.807) is 13.8 Å². The van der Waals surface area contributed by atoms with Crippen molar-refractivity contribution in [2.75, 3.05) is 5.32 Å². The van der Waals surface area contributed by atoms with Gasteiger partial charge in [0, 0.05) is 5.69 Å². The molecule has 2 aromatic rings. The third-order valence-corrected chi connectivity index (χ3v) is 3.56. The fourth-order valence-electron chi connectivity index (χ4n) is 2.43. The molecule has 0 aliphatic rings. The Morgan fingerprint density at radius 1 is 1.27 bits per heavy atom. The predicted octanol–water partition coefficient (Wildman–Crippen LogP) is 2.66. The van der Waals surface area contributed by atoms with E-state index in [-0.39, 0.29) is 18.1 Å². The number of rotatable bonds is 4. The zero-order valence-corrected chi connectivity index (χ0v) is 13.0. The first-order valence-corrected chi connectivity index (χ1v) is 6.85. The molecule has 0 saturated carbocycles. The first kappa shape index (κ1) is 15.7. The number of nitrogens with one attached hydrogen (secondary N) is 1. The van der Waals surface area contributed by atoms with Gasteiger partial charge in [0.2, 0.25) is 5.91 Å². The molecule has 1 N–H and O–H groups in total. The van der Waals surface area contributed by atoms with Crippen LogP contribution in [0.4, 0.5) is 11.4 Å². The first-order chi connectivity index (χ1) is 10.3. The fourth-order valence-corrected chi connectivity index (χ4v) is 2.43. The largest absolute Gasteiger partial charge is 0.324 e. The number of carbonyl (C=O) groups excluding carboxylic acids is 1. The number of carbonyl (C=O) groups is 1. The Kier molecular flexibility index (Phi) is 4.25. The number of aromatic nitrogens is 2. The Bertz CT molecular complexity index is 729. The number of hydrogen-bond donors (Lipinski definition) is 1. The molecule has 0 aliphatic carbocycles. The molecule has 0 fully saturated rings. The van der Waals surface area contributed by atoms with Crippen LogP contribution in [0, 0.1) is 37.8 Å². The van der Waals surface area contributed by atoms with Crippen molar-refractivity contribution < 1.29 is 9.72 Å². The van der Waals surface area contributed by atoms with Gasteiger partial charge in [-0.2, -0.15) is 5.10 Å². The molecule has 1 aromatic heterocycles. The highest BCUT2D eigenvalue weighted by Crippen LogP contribution is 2.22. The van der Waals surface area contributed by atoms with Crippen LogP contribution >= 0.6 is 0 Å². The summed E-state index contributed by atoms with van der Waals surface area (Å²) in [4.78, 5) is 22.7. The number of nitro groups is 1. The van der Waals surface area contributed by atoms with Crippen molar-refractivity contribution >= 4 is 17.3 Å². The van der Waals surface area contributed by atoms with Crippen molar-refractivity contribution in [3.05, 3.63) is 50.8 Å². The minimum absolute atomic E-state index is 0.0418. The van der Waals surface area contributed by atoms with E-state index in [0.29, 0.717) is 11.4 Å². The SMILES string of the molecule is Cc1cccc(C)c1NC(=O)Cn1nc(C)c([N+](=O)[O-])c1C. The highest BCUT2D eigenvalue weighted by molar-refractivity contribution is 5.92. The van der Waals surface area contributed by atoms with Crippen LogP contribution in [0.25, 0.3) is 0 Å². The van der Waals surface area contributed by atoms with E-state index in [9.17, 15) is 14.9 Å². The van der Waals surface area contributed by atoms with Crippen LogP contribution in [-0.4, -0.2) is 20.6 Å². The van der Waals surface area contributed by atoms with Crippen molar-refractivity contribution in [1.82, 2.24) is 9.78 Å². The van der Waals surface area contributed by atoms with Crippen LogP contribution in [-0.2, 0) is 11.3 Å². The van der Waals surface area contributed by atoms with Gasteiger partial charge in [-0.25, -0.2) is 0 Å². The summed E-state index contributed by atoms with van der Waals surface area (Å²) in [5.74, 6) is -0.266. The van der Waals surface area contributed by atoms with Crippen molar-refractivity contribution in [2.24, 2.45) is 0 Å². The molecule has 22 heavy (non-hydrogen) atoms. The number of hydrogen-bond acceptors (Lipinski definition) is 4. The summed E-state index contributed by atoms with van der Waals surface area (Å²) in [6.07, 6.45) is 0. The molecule has 0 aliphatic heterocycles. The minimum Gasteiger partial charge on any atom is -0.324 e. The zero-order chi connectivity index (χ0) is 16.4. The summed E-state index contributed by atoms with van der Waals surface area (Å²) < 4.78 is 1.36. The topological polar surface area (TPSA) is 90.1 Å². The van der Waals surface area contributed by atoms with Crippen LogP contribution in [0.1, 0.15) is 22.5 Å². The molecule has 1 aromatic carbocycles. The maximum Gasteiger partial charge on any atom is 0.312 e. The lowest BCUT2D eigenvalue weighted by Gasteiger charge is -2.11. The third kappa shape index (κ3) is 2.98. The zero-order valence-electron chi connectivity index (χ0n) is 13.0. The van der Waals surface area contributed by atoms with Crippen LogP contribution in [0.3, 0.4) is 0 Å². The van der Waals surface area contributed by atoms with Crippen molar-refractivity contribution in [3.63, 3.8) is 0 Å². The molecule has 1 heterocycles. The maximum atomic E-state index is 12.2. The lowest BCUT2D eigenvalue weighted by molar-refractivity contribution is -0.386. The Labute approximate surface area is 128 Å². The molecule has 0 saturated heterocycles. The molecule has 0 spiro atoms. The molecule has 0 unspecified atom stereocenters. The van der Waals surface area contributed by atoms with Crippen LogP contribution in [0.15, 0.2) is 18.2 Å². The van der Waals surface area contributed by atoms with Gasteiger partial charge in [-0.05, 0) is 38.8 Å². The summed E-state index contributed by atoms with van der Waals surface area (Å²) in [6.45, 7) is 6.91. The van der Waals surface area contributed by atoms with Gasteiger partial charge >= 0.3 is 5.69 Å². The van der Waals surface area contributed by atoms with Gasteiger partial charge in [0.05, 0.1) is 4.92 Å². The third-order valence-electron chi connectivity index (χ3n) is 3.56. The van der Waals surface area contributed by atoms with E-state index in [0.717, 1.165) is 16.8 Å². The highest BCUT2D eigenvalue weighted by atomic mass is 16.6. The lowest BCUT2D eigenvalue weighted by atomic mass is 10.1. The summed E-state index contributed by atoms with van der Waals surface area (Å²) in [7, 11) is 0. The van der Waals surface area contributed by atoms with Gasteiger partial charge in [-0.1, -0.05) is 18.2 Å². The number of para-hydroxylation sites is 1. The molecular formula is C15H18N4O3. The summed E-state index contributed by atoms with van der Waals surface area (Å²) in [5.41, 5.74) is 3.34. The van der Waals surface area contributed by atoms with E-state index in [1.807, 2.05) is 32.0 Å². The quantitative estimate of drug-likeness (QED) is 0.694. The van der Waals surface area contributed by atoms with E-state index in [1.165, 1.54) is 4.68 Å². The Morgan fingerprint density at radius 3 is 2.36 bits per heavy atom. The molecule has 1 amide bonds. The summed E-state index contributed by atoms with van der Waals surface area (Å²) >= 11 is 0. The molecule has 0 radical (unpaired) electrons. The molecule has 7 heteroatoms. The van der Waals surface area contributed by atoms with Gasteiger partial charge < -0.3 is 5.32 Å². The van der Waals surface area contributed by atoms with E-state index in [4.69, 9.17) is 0 Å². The molecule has 7 nitrogen and oxygen atoms in total. The second-order valence-electron chi connectivity index (χ2n) is 5.25. The Morgan fingerprint density at radius 2 is 1.86 bits per heavy atom. The molecule has 0 bridgehead atoms. The molecule has 116 valence electrons. The van der Waals surface area contributed by atoms with Crippen molar-refractivity contribution in [2.45, 2.75) is 34.2 Å². The molecule has 2 rings (SSSR count). The summed E-state index contributed by atoms with van der Waals surface area (Å²) in [5, 5.41) is 17.9. The number of amides is 1. The smallest absolute Gasteiger partial charge is 0.312 e. The van der Waals surface area contributed by atoms with Gasteiger partial charge in [-0.3, -0.25) is 19.6 Å². The predicted molar refractivity (Wildman–Crippen MR) is 82.9 cm³/mol. The second kappa shape index (κ2) is 5.97. The average Bonchev–Trinajstić information content (AvgIpc) is 2.69. The highest BCUT2D eigenvalue weighted by Gasteiger charge is 2.22. The molecular weight excluding hydrogens is 284 g/mol. The Hall–Kier alpha value is -2.70. The van der Waals surface area contributed by atoms with Gasteiger partial charge in [0.15, 0.2) is 0 Å². The molecule has 0 atom stereocenters. The fraction of sp³-hybridized carbons (Fsp3) is 0.333. The van der Waals surface area contributed by atoms with Crippen LogP contribution in [0.5, 0.6) is 0 Å². The van der Waals surface area contributed by atoms with Crippen LogP contribution < -0.4 is 5.32 Å². The maximum absolute atomic E-state index is 12.2. The van der Waals surface area contributed by atoms with E-state index < -0.39 is 4.92 Å². The van der Waals surface area contributed by atoms with Crippen molar-refractivity contribution in [1.29, 1.82) is 0 Å². The normalized spacial score (nSPS) is 10.5. The average molecular weight is 302 g/mol. The number of anilines is 1. The lowest BCUT2D eigenvalue weighted by Crippen LogP contribution is -2.21. The summed E-state index contributed by atoms with van der Waals surface area (Å²) in [6, 6.07) is 5.75. The van der Waals surface area contributed by atoms with E-state index in [2.05, 4.69) is 10.4 Å². The number of nitrogens with zero attached hydrogens (tertiary/aromatic N) is 3. The van der Waals surface area contributed by atoms with E-state index >= 15 is 0 Å². The van der Waals surface area contributed by atoms with Crippen LogP contribution in [0.2, 0.25) is 0 Å². The first-order valence-electron chi connectivity index (χ1n) is 6.85. The number of aryl methyl sites for hydroxylation is 3. The van der Waals surface area contributed by atoms with Gasteiger partial charge in [0.25, 0.3) is 0 Å². The minimum atomic E-state index is -0.475. The van der Waals surface area contributed by atoms with Gasteiger partial charge in [-0.15, -0.1) is 0 Å². The Balaban J connectivity index is 2.20. The second-order valence-corrected chi connectivity index (χ2v) is 5.25. The standard InChI is InChI=1S/C15H18N4O3/c1-9-6-5-7-10(2)14(9)16-13(20)8-18-12(4)15(19(21)22)11(3)17-18/h5-7H,8H2,1-4H3,(H,16,20). The number of benzene rings is 1. The monoisotopic (exact) mass is 302 g/mol. The van der Waals surface area contributed by atoms with Gasteiger partial charge in [0.1, 0.15) is 17.9 Å². The van der Waals surface area contributed by atoms with Crippen molar-refractivity contribution in [3.8, 4) is 0 Å².